The zero-order valence-electron chi connectivity index (χ0n) is 14.6. The standard InChI is InChI=1S/C18H16N6O2S/c1-11-9-14(23-22-11)20-18-21-16(10-15-19-7-8-24(15)18)27-13-5-3-12(4-6-13)17(25)26-2/h3-10H,1-2H3,(H2,20,21,22,23). The van der Waals surface area contributed by atoms with Gasteiger partial charge < -0.3 is 10.1 Å². The van der Waals surface area contributed by atoms with Crippen molar-refractivity contribution in [1.29, 1.82) is 0 Å². The van der Waals surface area contributed by atoms with Gasteiger partial charge in [0, 0.05) is 35.1 Å². The summed E-state index contributed by atoms with van der Waals surface area (Å²) in [4.78, 5) is 21.5. The van der Waals surface area contributed by atoms with Crippen LogP contribution < -0.4 is 5.32 Å². The Balaban J connectivity index is 1.63. The van der Waals surface area contributed by atoms with E-state index in [9.17, 15) is 4.79 Å². The highest BCUT2D eigenvalue weighted by Crippen LogP contribution is 2.29. The number of rotatable bonds is 5. The maximum absolute atomic E-state index is 11.6. The van der Waals surface area contributed by atoms with Crippen LogP contribution in [0.15, 0.2) is 58.7 Å². The Morgan fingerprint density at radius 1 is 1.26 bits per heavy atom. The normalized spacial score (nSPS) is 10.9. The van der Waals surface area contributed by atoms with Crippen LogP contribution in [0.5, 0.6) is 0 Å². The number of benzene rings is 1. The summed E-state index contributed by atoms with van der Waals surface area (Å²) in [5, 5.41) is 11.1. The minimum atomic E-state index is -0.357. The molecule has 0 bridgehead atoms. The quantitative estimate of drug-likeness (QED) is 0.404. The maximum Gasteiger partial charge on any atom is 0.337 e. The molecule has 3 aromatic heterocycles. The minimum absolute atomic E-state index is 0.357. The van der Waals surface area contributed by atoms with Crippen LogP contribution in [0.25, 0.3) is 5.65 Å². The number of aryl methyl sites for hydroxylation is 1. The molecule has 0 amide bonds. The van der Waals surface area contributed by atoms with Crippen LogP contribution >= 0.6 is 11.8 Å². The van der Waals surface area contributed by atoms with Crippen molar-refractivity contribution in [3.8, 4) is 0 Å². The van der Waals surface area contributed by atoms with Gasteiger partial charge in [0.25, 0.3) is 0 Å². The minimum Gasteiger partial charge on any atom is -0.465 e. The van der Waals surface area contributed by atoms with Crippen LogP contribution in [0.2, 0.25) is 0 Å². The second kappa shape index (κ2) is 7.12. The molecule has 4 rings (SSSR count). The molecule has 0 atom stereocenters. The first-order chi connectivity index (χ1) is 13.1. The van der Waals surface area contributed by atoms with Crippen molar-refractivity contribution in [3.63, 3.8) is 0 Å². The summed E-state index contributed by atoms with van der Waals surface area (Å²) in [6, 6.07) is 11.0. The molecule has 0 saturated carbocycles. The predicted molar refractivity (Wildman–Crippen MR) is 101 cm³/mol. The van der Waals surface area contributed by atoms with Crippen LogP contribution in [0, 0.1) is 6.92 Å². The number of hydrogen-bond donors (Lipinski definition) is 2. The first-order valence-electron chi connectivity index (χ1n) is 8.12. The molecule has 1 aromatic carbocycles. The SMILES string of the molecule is COC(=O)c1ccc(Sc2cc3nccn3c(Nc3cc(C)[nH]n3)n2)cc1. The van der Waals surface area contributed by atoms with Gasteiger partial charge in [-0.15, -0.1) is 0 Å². The van der Waals surface area contributed by atoms with Gasteiger partial charge in [-0.05, 0) is 31.2 Å². The Morgan fingerprint density at radius 3 is 2.78 bits per heavy atom. The van der Waals surface area contributed by atoms with Crippen LogP contribution in [0.4, 0.5) is 11.8 Å². The predicted octanol–water partition coefficient (Wildman–Crippen LogP) is 3.44. The number of ether oxygens (including phenoxy) is 1. The molecule has 27 heavy (non-hydrogen) atoms. The molecule has 3 heterocycles. The fourth-order valence-electron chi connectivity index (χ4n) is 2.54. The lowest BCUT2D eigenvalue weighted by Gasteiger charge is -2.08. The number of fused-ring (bicyclic) bond motifs is 1. The Bertz CT molecular complexity index is 1100. The number of hydrogen-bond acceptors (Lipinski definition) is 7. The van der Waals surface area contributed by atoms with Crippen molar-refractivity contribution in [1.82, 2.24) is 24.6 Å². The van der Waals surface area contributed by atoms with Crippen molar-refractivity contribution in [3.05, 3.63) is 60.0 Å². The number of aromatic nitrogens is 5. The van der Waals surface area contributed by atoms with E-state index in [1.807, 2.05) is 41.8 Å². The van der Waals surface area contributed by atoms with E-state index in [1.165, 1.54) is 18.9 Å². The van der Waals surface area contributed by atoms with Crippen molar-refractivity contribution in [2.45, 2.75) is 16.8 Å². The fraction of sp³-hybridized carbons (Fsp3) is 0.111. The van der Waals surface area contributed by atoms with E-state index in [4.69, 9.17) is 4.74 Å². The lowest BCUT2D eigenvalue weighted by atomic mass is 10.2. The number of esters is 1. The number of carbonyl (C=O) groups excluding carboxylic acids is 1. The highest BCUT2D eigenvalue weighted by molar-refractivity contribution is 7.99. The monoisotopic (exact) mass is 380 g/mol. The van der Waals surface area contributed by atoms with Crippen molar-refractivity contribution in [2.24, 2.45) is 0 Å². The lowest BCUT2D eigenvalue weighted by Crippen LogP contribution is -2.02. The summed E-state index contributed by atoms with van der Waals surface area (Å²) in [5.74, 6) is 0.939. The Labute approximate surface area is 159 Å². The number of aromatic amines is 1. The molecular weight excluding hydrogens is 364 g/mol. The largest absolute Gasteiger partial charge is 0.465 e. The van der Waals surface area contributed by atoms with E-state index in [1.54, 1.807) is 18.3 Å². The number of anilines is 2. The molecule has 0 unspecified atom stereocenters. The first kappa shape index (κ1) is 17.1. The van der Waals surface area contributed by atoms with E-state index in [-0.39, 0.29) is 5.97 Å². The highest BCUT2D eigenvalue weighted by Gasteiger charge is 2.11. The summed E-state index contributed by atoms with van der Waals surface area (Å²) in [6.45, 7) is 1.93. The third-order valence-electron chi connectivity index (χ3n) is 3.81. The summed E-state index contributed by atoms with van der Waals surface area (Å²) in [7, 11) is 1.37. The van der Waals surface area contributed by atoms with Gasteiger partial charge >= 0.3 is 5.97 Å². The van der Waals surface area contributed by atoms with Gasteiger partial charge in [-0.3, -0.25) is 9.50 Å². The van der Waals surface area contributed by atoms with E-state index < -0.39 is 0 Å². The van der Waals surface area contributed by atoms with Gasteiger partial charge in [-0.25, -0.2) is 14.8 Å². The van der Waals surface area contributed by atoms with E-state index in [2.05, 4.69) is 25.5 Å². The van der Waals surface area contributed by atoms with Gasteiger partial charge in [0.2, 0.25) is 5.95 Å². The molecule has 0 aliphatic carbocycles. The average Bonchev–Trinajstić information content (AvgIpc) is 3.30. The maximum atomic E-state index is 11.6. The van der Waals surface area contributed by atoms with Crippen LogP contribution in [0.1, 0.15) is 16.1 Å². The van der Waals surface area contributed by atoms with Crippen LogP contribution in [-0.2, 0) is 4.74 Å². The topological polar surface area (TPSA) is 97.2 Å². The third-order valence-corrected chi connectivity index (χ3v) is 4.74. The number of H-pyrrole nitrogens is 1. The summed E-state index contributed by atoms with van der Waals surface area (Å²) < 4.78 is 6.58. The second-order valence-electron chi connectivity index (χ2n) is 5.75. The van der Waals surface area contributed by atoms with Gasteiger partial charge in [-0.1, -0.05) is 11.8 Å². The summed E-state index contributed by atoms with van der Waals surface area (Å²) >= 11 is 1.48. The molecule has 0 aliphatic rings. The number of nitrogens with zero attached hydrogens (tertiary/aromatic N) is 4. The van der Waals surface area contributed by atoms with Crippen molar-refractivity contribution >= 4 is 35.1 Å². The van der Waals surface area contributed by atoms with Crippen LogP contribution in [0.3, 0.4) is 0 Å². The average molecular weight is 380 g/mol. The lowest BCUT2D eigenvalue weighted by molar-refractivity contribution is 0.0600. The third kappa shape index (κ3) is 3.63. The molecule has 0 spiro atoms. The molecule has 136 valence electrons. The smallest absolute Gasteiger partial charge is 0.337 e. The fourth-order valence-corrected chi connectivity index (χ4v) is 3.35. The molecule has 0 aliphatic heterocycles. The summed E-state index contributed by atoms with van der Waals surface area (Å²) in [6.07, 6.45) is 3.56. The van der Waals surface area contributed by atoms with E-state index in [0.29, 0.717) is 17.3 Å². The number of imidazole rings is 1. The Hall–Kier alpha value is -3.33. The Morgan fingerprint density at radius 2 is 2.07 bits per heavy atom. The molecule has 9 heteroatoms. The molecule has 0 radical (unpaired) electrons. The molecule has 0 fully saturated rings. The Kier molecular flexibility index (Phi) is 4.51. The highest BCUT2D eigenvalue weighted by atomic mass is 32.2. The van der Waals surface area contributed by atoms with Crippen LogP contribution in [-0.4, -0.2) is 37.6 Å². The number of nitrogens with one attached hydrogen (secondary N) is 2. The van der Waals surface area contributed by atoms with E-state index in [0.717, 1.165) is 21.3 Å². The molecule has 2 N–H and O–H groups in total. The van der Waals surface area contributed by atoms with E-state index >= 15 is 0 Å². The van der Waals surface area contributed by atoms with Crippen molar-refractivity contribution in [2.75, 3.05) is 12.4 Å². The summed E-state index contributed by atoms with van der Waals surface area (Å²) in [5.41, 5.74) is 2.24. The second-order valence-corrected chi connectivity index (χ2v) is 6.85. The number of carbonyl (C=O) groups is 1. The van der Waals surface area contributed by atoms with Gasteiger partial charge in [0.1, 0.15) is 10.7 Å². The van der Waals surface area contributed by atoms with Gasteiger partial charge in [0.05, 0.1) is 12.7 Å². The van der Waals surface area contributed by atoms with Crippen molar-refractivity contribution < 1.29 is 9.53 Å². The van der Waals surface area contributed by atoms with Gasteiger partial charge in [-0.2, -0.15) is 5.10 Å². The molecule has 4 aromatic rings. The zero-order chi connectivity index (χ0) is 18.8. The zero-order valence-corrected chi connectivity index (χ0v) is 15.4. The first-order valence-corrected chi connectivity index (χ1v) is 8.93. The number of methoxy groups -OCH3 is 1. The molecular formula is C18H16N6O2S. The molecule has 8 nitrogen and oxygen atoms in total. The molecule has 0 saturated heterocycles. The van der Waals surface area contributed by atoms with Gasteiger partial charge in [0.15, 0.2) is 5.82 Å².